The molecule has 0 aliphatic carbocycles. The highest BCUT2D eigenvalue weighted by Crippen LogP contribution is 2.07. The molecule has 2 heterocycles. The highest BCUT2D eigenvalue weighted by molar-refractivity contribution is 7.71. The molecule has 0 saturated heterocycles. The Hall–Kier alpha value is -2.12. The topological polar surface area (TPSA) is 39.6 Å². The number of rotatable bonds is 4. The Morgan fingerprint density at radius 2 is 1.91 bits per heavy atom. The van der Waals surface area contributed by atoms with Crippen LogP contribution in [0.3, 0.4) is 0 Å². The highest BCUT2D eigenvalue weighted by Gasteiger charge is 2.12. The number of halogens is 1. The van der Waals surface area contributed by atoms with Gasteiger partial charge < -0.3 is 4.90 Å². The van der Waals surface area contributed by atoms with E-state index in [1.165, 1.54) is 17.0 Å². The summed E-state index contributed by atoms with van der Waals surface area (Å²) in [6.07, 6.45) is 0. The number of fused-ring (bicyclic) bond motifs is 1. The van der Waals surface area contributed by atoms with Crippen LogP contribution in [-0.4, -0.2) is 26.2 Å². The van der Waals surface area contributed by atoms with E-state index in [0.29, 0.717) is 17.2 Å². The molecule has 0 radical (unpaired) electrons. The molecule has 1 atom stereocenters. The molecule has 120 valence electrons. The molecule has 0 spiro atoms. The maximum absolute atomic E-state index is 13.0. The number of benzene rings is 1. The van der Waals surface area contributed by atoms with Gasteiger partial charge in [0.05, 0.1) is 7.05 Å². The smallest absolute Gasteiger partial charge is 0.254 e. The van der Waals surface area contributed by atoms with Gasteiger partial charge in [-0.2, -0.15) is 4.68 Å². The van der Waals surface area contributed by atoms with Gasteiger partial charge in [-0.1, -0.05) is 12.1 Å². The van der Waals surface area contributed by atoms with E-state index >= 15 is 0 Å². The van der Waals surface area contributed by atoms with E-state index < -0.39 is 0 Å². The fourth-order valence-electron chi connectivity index (χ4n) is 2.70. The van der Waals surface area contributed by atoms with Gasteiger partial charge in [0.1, 0.15) is 12.4 Å². The van der Waals surface area contributed by atoms with Gasteiger partial charge in [0.2, 0.25) is 4.77 Å². The molecule has 0 amide bonds. The summed E-state index contributed by atoms with van der Waals surface area (Å²) in [5.41, 5.74) is 3.03. The quantitative estimate of drug-likeness (QED) is 0.739. The molecule has 2 aromatic heterocycles. The van der Waals surface area contributed by atoms with Gasteiger partial charge in [-0.3, -0.25) is 4.40 Å². The van der Waals surface area contributed by atoms with Crippen molar-refractivity contribution in [2.24, 2.45) is 0 Å². The van der Waals surface area contributed by atoms with E-state index in [0.717, 1.165) is 23.5 Å². The van der Waals surface area contributed by atoms with E-state index in [1.54, 1.807) is 16.8 Å². The summed E-state index contributed by atoms with van der Waals surface area (Å²) in [4.78, 5) is 5.63. The van der Waals surface area contributed by atoms with Crippen molar-refractivity contribution >= 4 is 18.0 Å². The van der Waals surface area contributed by atoms with Gasteiger partial charge in [0.15, 0.2) is 6.67 Å². The molecule has 1 unspecified atom stereocenters. The van der Waals surface area contributed by atoms with Crippen LogP contribution in [0.4, 0.5) is 4.39 Å². The third kappa shape index (κ3) is 3.30. The first-order chi connectivity index (χ1) is 10.9. The minimum absolute atomic E-state index is 0.217. The van der Waals surface area contributed by atoms with E-state index in [2.05, 4.69) is 17.1 Å². The summed E-state index contributed by atoms with van der Waals surface area (Å²) in [5, 5.41) is 4.51. The van der Waals surface area contributed by atoms with Crippen LogP contribution >= 0.6 is 12.2 Å². The maximum Gasteiger partial charge on any atom is 0.254 e. The van der Waals surface area contributed by atoms with Crippen LogP contribution in [0.2, 0.25) is 0 Å². The standard InChI is InChI=1S/C16H18FN5S/c1-11-8-12(2)22-15(18-11)19-21(16(22)23)10-20(3)9-13-4-6-14(17)7-5-13/h4-8H,9-10H2,1-3H3/p+1. The Morgan fingerprint density at radius 3 is 2.61 bits per heavy atom. The Kier molecular flexibility index (Phi) is 4.23. The first-order valence-corrected chi connectivity index (χ1v) is 7.84. The highest BCUT2D eigenvalue weighted by atomic mass is 32.1. The van der Waals surface area contributed by atoms with Gasteiger partial charge in [-0.05, 0) is 44.3 Å². The van der Waals surface area contributed by atoms with Crippen molar-refractivity contribution in [3.8, 4) is 0 Å². The molecule has 5 nitrogen and oxygen atoms in total. The minimum Gasteiger partial charge on any atom is -0.315 e. The van der Waals surface area contributed by atoms with Crippen molar-refractivity contribution < 1.29 is 9.29 Å². The number of aromatic nitrogens is 4. The number of hydrogen-bond donors (Lipinski definition) is 1. The van der Waals surface area contributed by atoms with Crippen LogP contribution in [0.25, 0.3) is 5.78 Å². The molecule has 3 aromatic rings. The molecule has 0 aliphatic rings. The molecular weight excluding hydrogens is 313 g/mol. The van der Waals surface area contributed by atoms with Crippen LogP contribution in [-0.2, 0) is 13.2 Å². The summed E-state index contributed by atoms with van der Waals surface area (Å²) < 4.78 is 17.3. The molecule has 0 aliphatic heterocycles. The predicted molar refractivity (Wildman–Crippen MR) is 88.3 cm³/mol. The predicted octanol–water partition coefficient (Wildman–Crippen LogP) is 1.69. The van der Waals surface area contributed by atoms with Crippen molar-refractivity contribution in [1.29, 1.82) is 0 Å². The fourth-order valence-corrected chi connectivity index (χ4v) is 3.03. The first kappa shape index (κ1) is 15.8. The summed E-state index contributed by atoms with van der Waals surface area (Å²) in [7, 11) is 2.06. The number of nitrogens with one attached hydrogen (secondary N) is 1. The molecule has 0 saturated carbocycles. The zero-order chi connectivity index (χ0) is 16.6. The number of aryl methyl sites for hydroxylation is 2. The average Bonchev–Trinajstić information content (AvgIpc) is 2.77. The monoisotopic (exact) mass is 332 g/mol. The zero-order valence-corrected chi connectivity index (χ0v) is 14.2. The molecule has 7 heteroatoms. The van der Waals surface area contributed by atoms with Crippen molar-refractivity contribution in [1.82, 2.24) is 19.2 Å². The fraction of sp³-hybridized carbons (Fsp3) is 0.312. The number of quaternary nitrogens is 1. The maximum atomic E-state index is 13.0. The van der Waals surface area contributed by atoms with E-state index in [4.69, 9.17) is 12.2 Å². The van der Waals surface area contributed by atoms with Gasteiger partial charge in [0, 0.05) is 17.0 Å². The normalized spacial score (nSPS) is 12.7. The van der Waals surface area contributed by atoms with Gasteiger partial charge in [-0.25, -0.2) is 9.37 Å². The lowest BCUT2D eigenvalue weighted by molar-refractivity contribution is -0.917. The first-order valence-electron chi connectivity index (χ1n) is 7.43. The molecule has 1 aromatic carbocycles. The second kappa shape index (κ2) is 6.17. The summed E-state index contributed by atoms with van der Waals surface area (Å²) in [5.74, 6) is 0.410. The third-order valence-corrected chi connectivity index (χ3v) is 4.10. The van der Waals surface area contributed by atoms with Crippen LogP contribution in [0.1, 0.15) is 17.0 Å². The summed E-state index contributed by atoms with van der Waals surface area (Å²) in [6.45, 7) is 5.33. The molecule has 3 rings (SSSR count). The molecule has 1 N–H and O–H groups in total. The van der Waals surface area contributed by atoms with E-state index in [-0.39, 0.29) is 5.82 Å². The second-order valence-electron chi connectivity index (χ2n) is 5.87. The van der Waals surface area contributed by atoms with Crippen molar-refractivity contribution in [2.45, 2.75) is 27.1 Å². The second-order valence-corrected chi connectivity index (χ2v) is 6.24. The van der Waals surface area contributed by atoms with Crippen LogP contribution in [0.5, 0.6) is 0 Å². The van der Waals surface area contributed by atoms with Crippen molar-refractivity contribution in [2.75, 3.05) is 7.05 Å². The molecule has 0 bridgehead atoms. The zero-order valence-electron chi connectivity index (χ0n) is 13.4. The molecular formula is C16H19FN5S+. The van der Waals surface area contributed by atoms with Gasteiger partial charge in [-0.15, -0.1) is 5.10 Å². The van der Waals surface area contributed by atoms with Crippen molar-refractivity contribution in [3.63, 3.8) is 0 Å². The Balaban J connectivity index is 1.83. The van der Waals surface area contributed by atoms with Crippen LogP contribution in [0, 0.1) is 24.4 Å². The Bertz CT molecular complexity index is 897. The SMILES string of the molecule is Cc1cc(C)n2c(=S)n(C[NH+](C)Cc3ccc(F)cc3)nc2n1. The molecule has 0 fully saturated rings. The Labute approximate surface area is 139 Å². The lowest BCUT2D eigenvalue weighted by Gasteiger charge is -2.13. The van der Waals surface area contributed by atoms with E-state index in [1.807, 2.05) is 24.3 Å². The average molecular weight is 332 g/mol. The van der Waals surface area contributed by atoms with Gasteiger partial charge in [0.25, 0.3) is 5.78 Å². The summed E-state index contributed by atoms with van der Waals surface area (Å²) in [6, 6.07) is 8.56. The van der Waals surface area contributed by atoms with Crippen molar-refractivity contribution in [3.05, 3.63) is 57.9 Å². The van der Waals surface area contributed by atoms with Gasteiger partial charge >= 0.3 is 0 Å². The number of hydrogen-bond acceptors (Lipinski definition) is 3. The lowest BCUT2D eigenvalue weighted by atomic mass is 10.2. The largest absolute Gasteiger partial charge is 0.315 e. The lowest BCUT2D eigenvalue weighted by Crippen LogP contribution is -3.07. The van der Waals surface area contributed by atoms with Crippen LogP contribution in [0.15, 0.2) is 30.3 Å². The molecule has 23 heavy (non-hydrogen) atoms. The third-order valence-electron chi connectivity index (χ3n) is 3.71. The Morgan fingerprint density at radius 1 is 1.22 bits per heavy atom. The van der Waals surface area contributed by atoms with E-state index in [9.17, 15) is 4.39 Å². The minimum atomic E-state index is -0.217. The number of nitrogens with zero attached hydrogens (tertiary/aromatic N) is 4. The summed E-state index contributed by atoms with van der Waals surface area (Å²) >= 11 is 5.52. The van der Waals surface area contributed by atoms with Crippen LogP contribution < -0.4 is 4.90 Å².